The minimum Gasteiger partial charge on any atom is -0.393 e. The molecule has 3 unspecified atom stereocenters. The molecular weight excluding hydrogens is 236 g/mol. The van der Waals surface area contributed by atoms with E-state index in [4.69, 9.17) is 5.26 Å². The lowest BCUT2D eigenvalue weighted by atomic mass is 9.86. The number of nitriles is 1. The molecular formula is C16H26N2O. The highest BCUT2D eigenvalue weighted by molar-refractivity contribution is 5.03. The lowest BCUT2D eigenvalue weighted by molar-refractivity contribution is 0.0251. The molecule has 1 aliphatic heterocycles. The lowest BCUT2D eigenvalue weighted by Crippen LogP contribution is -2.48. The van der Waals surface area contributed by atoms with Gasteiger partial charge in [-0.1, -0.05) is 12.8 Å². The summed E-state index contributed by atoms with van der Waals surface area (Å²) in [5.41, 5.74) is 0.313. The topological polar surface area (TPSA) is 47.3 Å². The van der Waals surface area contributed by atoms with Gasteiger partial charge in [-0.3, -0.25) is 4.90 Å². The molecule has 0 amide bonds. The zero-order chi connectivity index (χ0) is 13.3. The zero-order valence-electron chi connectivity index (χ0n) is 11.9. The Hall–Kier alpha value is -0.590. The van der Waals surface area contributed by atoms with Gasteiger partial charge < -0.3 is 5.11 Å². The highest BCUT2D eigenvalue weighted by Crippen LogP contribution is 2.50. The Labute approximate surface area is 116 Å². The third-order valence-corrected chi connectivity index (χ3v) is 5.64. The van der Waals surface area contributed by atoms with Crippen molar-refractivity contribution in [2.75, 3.05) is 13.1 Å². The fraction of sp³-hybridized carbons (Fsp3) is 0.938. The molecule has 3 aliphatic rings. The first kappa shape index (κ1) is 13.4. The predicted molar refractivity (Wildman–Crippen MR) is 74.5 cm³/mol. The Morgan fingerprint density at radius 2 is 2.00 bits per heavy atom. The second kappa shape index (κ2) is 5.42. The third-order valence-electron chi connectivity index (χ3n) is 5.64. The van der Waals surface area contributed by atoms with Crippen LogP contribution in [0.25, 0.3) is 0 Å². The molecule has 2 aliphatic carbocycles. The molecule has 106 valence electrons. The first-order valence-electron chi connectivity index (χ1n) is 8.03. The first-order valence-corrected chi connectivity index (χ1v) is 8.03. The Morgan fingerprint density at radius 3 is 2.63 bits per heavy atom. The molecule has 0 radical (unpaired) electrons. The largest absolute Gasteiger partial charge is 0.393 e. The number of rotatable bonds is 4. The van der Waals surface area contributed by atoms with Crippen LogP contribution in [0, 0.1) is 22.7 Å². The van der Waals surface area contributed by atoms with Crippen molar-refractivity contribution < 1.29 is 5.11 Å². The third kappa shape index (κ3) is 2.80. The van der Waals surface area contributed by atoms with Crippen molar-refractivity contribution in [1.82, 2.24) is 4.90 Å². The van der Waals surface area contributed by atoms with Crippen molar-refractivity contribution in [2.45, 2.75) is 69.9 Å². The Kier molecular flexibility index (Phi) is 3.82. The van der Waals surface area contributed by atoms with E-state index < -0.39 is 0 Å². The molecule has 3 atom stereocenters. The van der Waals surface area contributed by atoms with E-state index in [1.807, 2.05) is 0 Å². The van der Waals surface area contributed by atoms with Gasteiger partial charge in [0.05, 0.1) is 12.2 Å². The van der Waals surface area contributed by atoms with Crippen molar-refractivity contribution in [3.05, 3.63) is 0 Å². The first-order chi connectivity index (χ1) is 9.24. The molecule has 0 aromatic rings. The van der Waals surface area contributed by atoms with Gasteiger partial charge >= 0.3 is 0 Å². The highest BCUT2D eigenvalue weighted by atomic mass is 16.3. The van der Waals surface area contributed by atoms with Gasteiger partial charge in [-0.25, -0.2) is 0 Å². The Morgan fingerprint density at radius 1 is 1.16 bits per heavy atom. The summed E-state index contributed by atoms with van der Waals surface area (Å²) in [4.78, 5) is 2.63. The SMILES string of the molecule is N#CCC1(CN2CCCCC2C2CCCC2O)CC1. The van der Waals surface area contributed by atoms with E-state index in [0.29, 0.717) is 17.4 Å². The monoisotopic (exact) mass is 262 g/mol. The maximum atomic E-state index is 10.2. The minimum atomic E-state index is -0.0725. The van der Waals surface area contributed by atoms with Crippen molar-refractivity contribution in [3.8, 4) is 6.07 Å². The molecule has 3 heteroatoms. The Bertz CT molecular complexity index is 358. The van der Waals surface area contributed by atoms with Gasteiger partial charge in [0.15, 0.2) is 0 Å². The van der Waals surface area contributed by atoms with Gasteiger partial charge in [0, 0.05) is 24.9 Å². The van der Waals surface area contributed by atoms with E-state index in [9.17, 15) is 5.11 Å². The number of nitrogens with zero attached hydrogens (tertiary/aromatic N) is 2. The van der Waals surface area contributed by atoms with Gasteiger partial charge in [0.1, 0.15) is 0 Å². The van der Waals surface area contributed by atoms with E-state index in [0.717, 1.165) is 19.4 Å². The normalized spacial score (nSPS) is 38.0. The van der Waals surface area contributed by atoms with Crippen molar-refractivity contribution >= 4 is 0 Å². The molecule has 2 saturated carbocycles. The van der Waals surface area contributed by atoms with Crippen LogP contribution in [0.2, 0.25) is 0 Å². The highest BCUT2D eigenvalue weighted by Gasteiger charge is 2.46. The molecule has 1 N–H and O–H groups in total. The van der Waals surface area contributed by atoms with Crippen LogP contribution >= 0.6 is 0 Å². The molecule has 1 heterocycles. The van der Waals surface area contributed by atoms with Gasteiger partial charge in [0.25, 0.3) is 0 Å². The van der Waals surface area contributed by atoms with Crippen LogP contribution in [-0.4, -0.2) is 35.2 Å². The molecule has 0 spiro atoms. The fourth-order valence-corrected chi connectivity index (χ4v) is 4.28. The van der Waals surface area contributed by atoms with Crippen LogP contribution < -0.4 is 0 Å². The van der Waals surface area contributed by atoms with Gasteiger partial charge in [-0.05, 0) is 50.5 Å². The van der Waals surface area contributed by atoms with Gasteiger partial charge in [-0.15, -0.1) is 0 Å². The van der Waals surface area contributed by atoms with Crippen LogP contribution in [-0.2, 0) is 0 Å². The van der Waals surface area contributed by atoms with E-state index in [-0.39, 0.29) is 6.10 Å². The summed E-state index contributed by atoms with van der Waals surface area (Å²) in [7, 11) is 0. The Balaban J connectivity index is 1.66. The smallest absolute Gasteiger partial charge is 0.0628 e. The fourth-order valence-electron chi connectivity index (χ4n) is 4.28. The summed E-state index contributed by atoms with van der Waals surface area (Å²) >= 11 is 0. The quantitative estimate of drug-likeness (QED) is 0.847. The second-order valence-corrected chi connectivity index (χ2v) is 7.03. The molecule has 3 rings (SSSR count). The summed E-state index contributed by atoms with van der Waals surface area (Å²) in [6, 6.07) is 2.96. The zero-order valence-corrected chi connectivity index (χ0v) is 11.9. The molecule has 1 saturated heterocycles. The number of likely N-dealkylation sites (tertiary alicyclic amines) is 1. The molecule has 3 nitrogen and oxygen atoms in total. The molecule has 3 fully saturated rings. The van der Waals surface area contributed by atoms with Crippen LogP contribution in [0.5, 0.6) is 0 Å². The molecule has 19 heavy (non-hydrogen) atoms. The maximum absolute atomic E-state index is 10.2. The van der Waals surface area contributed by atoms with E-state index >= 15 is 0 Å². The number of hydrogen-bond donors (Lipinski definition) is 1. The molecule has 0 bridgehead atoms. The lowest BCUT2D eigenvalue weighted by Gasteiger charge is -2.42. The summed E-state index contributed by atoms with van der Waals surface area (Å²) < 4.78 is 0. The number of aliphatic hydroxyl groups excluding tert-OH is 1. The van der Waals surface area contributed by atoms with Crippen LogP contribution in [0.3, 0.4) is 0 Å². The van der Waals surface area contributed by atoms with Crippen molar-refractivity contribution in [2.24, 2.45) is 11.3 Å². The van der Waals surface area contributed by atoms with Crippen molar-refractivity contribution in [3.63, 3.8) is 0 Å². The van der Waals surface area contributed by atoms with Crippen molar-refractivity contribution in [1.29, 1.82) is 5.26 Å². The average Bonchev–Trinajstić information content (AvgIpc) is 3.02. The maximum Gasteiger partial charge on any atom is 0.0628 e. The predicted octanol–water partition coefficient (Wildman–Crippen LogP) is 2.70. The minimum absolute atomic E-state index is 0.0725. The number of hydrogen-bond acceptors (Lipinski definition) is 3. The standard InChI is InChI=1S/C16H26N2O/c17-10-9-16(7-8-16)12-18-11-2-1-5-14(18)13-4-3-6-15(13)19/h13-15,19H,1-9,11-12H2. The summed E-state index contributed by atoms with van der Waals surface area (Å²) in [6.45, 7) is 2.29. The molecule has 0 aromatic carbocycles. The summed E-state index contributed by atoms with van der Waals surface area (Å²) in [5, 5.41) is 19.2. The van der Waals surface area contributed by atoms with E-state index in [1.54, 1.807) is 0 Å². The van der Waals surface area contributed by atoms with Gasteiger partial charge in [0.2, 0.25) is 0 Å². The van der Waals surface area contributed by atoms with E-state index in [1.165, 1.54) is 51.5 Å². The summed E-state index contributed by atoms with van der Waals surface area (Å²) in [5.74, 6) is 0.498. The molecule has 0 aromatic heterocycles. The van der Waals surface area contributed by atoms with Gasteiger partial charge in [-0.2, -0.15) is 5.26 Å². The van der Waals surface area contributed by atoms with E-state index in [2.05, 4.69) is 11.0 Å². The van der Waals surface area contributed by atoms with Crippen LogP contribution in [0.15, 0.2) is 0 Å². The van der Waals surface area contributed by atoms with Crippen LogP contribution in [0.4, 0.5) is 0 Å². The second-order valence-electron chi connectivity index (χ2n) is 7.03. The summed E-state index contributed by atoms with van der Waals surface area (Å²) in [6.07, 6.45) is 10.4. The average molecular weight is 262 g/mol. The number of aliphatic hydroxyl groups is 1. The number of piperidine rings is 1. The van der Waals surface area contributed by atoms with Crippen LogP contribution in [0.1, 0.15) is 57.8 Å².